The fourth-order valence-electron chi connectivity index (χ4n) is 4.14. The van der Waals surface area contributed by atoms with Crippen molar-refractivity contribution in [3.8, 4) is 16.9 Å². The SMILES string of the molecule is CCCC1(C)COC(O)(c2ccc(-c3ccc(C(F)(F)Oc4cc(F)c(F)c(F)c4)c(F)c3)cc2)OC1. The first-order valence-corrected chi connectivity index (χ1v) is 11.5. The van der Waals surface area contributed by atoms with Crippen molar-refractivity contribution in [1.82, 2.24) is 0 Å². The summed E-state index contributed by atoms with van der Waals surface area (Å²) in [6.45, 7) is 4.63. The number of aliphatic hydroxyl groups is 1. The number of hydrogen-bond donors (Lipinski definition) is 1. The molecule has 4 rings (SSSR count). The van der Waals surface area contributed by atoms with E-state index in [1.165, 1.54) is 30.3 Å². The number of rotatable bonds is 7. The molecular weight excluding hydrogens is 502 g/mol. The van der Waals surface area contributed by atoms with Gasteiger partial charge in [0.2, 0.25) is 0 Å². The van der Waals surface area contributed by atoms with Crippen LogP contribution in [0.1, 0.15) is 37.8 Å². The predicted octanol–water partition coefficient (Wildman–Crippen LogP) is 6.99. The van der Waals surface area contributed by atoms with Crippen molar-refractivity contribution < 1.29 is 45.7 Å². The molecule has 0 aromatic heterocycles. The summed E-state index contributed by atoms with van der Waals surface area (Å²) in [5, 5.41) is 10.8. The van der Waals surface area contributed by atoms with Gasteiger partial charge in [-0.3, -0.25) is 0 Å². The van der Waals surface area contributed by atoms with E-state index < -0.39 is 46.7 Å². The first-order chi connectivity index (χ1) is 17.4. The quantitative estimate of drug-likeness (QED) is 0.266. The largest absolute Gasteiger partial charge is 0.429 e. The summed E-state index contributed by atoms with van der Waals surface area (Å²) < 4.78 is 99.0. The third kappa shape index (κ3) is 5.61. The van der Waals surface area contributed by atoms with Gasteiger partial charge >= 0.3 is 12.1 Å². The summed E-state index contributed by atoms with van der Waals surface area (Å²) in [6.07, 6.45) is -2.51. The van der Waals surface area contributed by atoms with Crippen LogP contribution in [0.3, 0.4) is 0 Å². The Morgan fingerprint density at radius 2 is 1.43 bits per heavy atom. The first-order valence-electron chi connectivity index (χ1n) is 11.5. The summed E-state index contributed by atoms with van der Waals surface area (Å²) >= 11 is 0. The number of hydrogen-bond acceptors (Lipinski definition) is 4. The Balaban J connectivity index is 1.51. The first kappa shape index (κ1) is 27.0. The fourth-order valence-corrected chi connectivity index (χ4v) is 4.14. The van der Waals surface area contributed by atoms with Gasteiger partial charge in [0.15, 0.2) is 17.5 Å². The maximum absolute atomic E-state index is 14.7. The average Bonchev–Trinajstić information content (AvgIpc) is 2.84. The van der Waals surface area contributed by atoms with Gasteiger partial charge in [0.25, 0.3) is 0 Å². The Bertz CT molecular complexity index is 1250. The minimum absolute atomic E-state index is 0.217. The molecule has 1 saturated heterocycles. The molecule has 0 radical (unpaired) electrons. The maximum Gasteiger partial charge on any atom is 0.429 e. The zero-order chi connectivity index (χ0) is 27.0. The molecule has 0 aliphatic carbocycles. The van der Waals surface area contributed by atoms with Gasteiger partial charge in [-0.2, -0.15) is 8.78 Å². The Morgan fingerprint density at radius 1 is 0.865 bits per heavy atom. The Hall–Kier alpha value is -3.08. The summed E-state index contributed by atoms with van der Waals surface area (Å²) in [6, 6.07) is 9.37. The summed E-state index contributed by atoms with van der Waals surface area (Å²) in [5.74, 6) is -9.61. The molecule has 1 fully saturated rings. The third-order valence-electron chi connectivity index (χ3n) is 6.16. The van der Waals surface area contributed by atoms with Gasteiger partial charge in [-0.25, -0.2) is 17.6 Å². The van der Waals surface area contributed by atoms with Gasteiger partial charge in [0, 0.05) is 23.1 Å². The molecule has 1 heterocycles. The lowest BCUT2D eigenvalue weighted by molar-refractivity contribution is -0.414. The molecule has 0 saturated carbocycles. The molecule has 4 nitrogen and oxygen atoms in total. The van der Waals surface area contributed by atoms with E-state index in [-0.39, 0.29) is 23.1 Å². The van der Waals surface area contributed by atoms with Crippen molar-refractivity contribution in [3.63, 3.8) is 0 Å². The number of benzene rings is 3. The van der Waals surface area contributed by atoms with E-state index in [2.05, 4.69) is 4.74 Å². The monoisotopic (exact) mass is 526 g/mol. The highest BCUT2D eigenvalue weighted by Gasteiger charge is 2.42. The van der Waals surface area contributed by atoms with Crippen LogP contribution in [0, 0.1) is 28.7 Å². The Kier molecular flexibility index (Phi) is 7.29. The van der Waals surface area contributed by atoms with Gasteiger partial charge < -0.3 is 19.3 Å². The lowest BCUT2D eigenvalue weighted by Crippen LogP contribution is -2.46. The highest BCUT2D eigenvalue weighted by atomic mass is 19.3. The maximum atomic E-state index is 14.7. The minimum Gasteiger partial charge on any atom is -0.429 e. The molecule has 3 aromatic rings. The molecule has 10 heteroatoms. The molecule has 1 aliphatic rings. The third-order valence-corrected chi connectivity index (χ3v) is 6.16. The van der Waals surface area contributed by atoms with E-state index in [9.17, 15) is 31.4 Å². The van der Waals surface area contributed by atoms with E-state index >= 15 is 0 Å². The molecule has 0 unspecified atom stereocenters. The van der Waals surface area contributed by atoms with Crippen LogP contribution in [-0.2, 0) is 21.6 Å². The van der Waals surface area contributed by atoms with Crippen molar-refractivity contribution in [3.05, 3.63) is 89.0 Å². The van der Waals surface area contributed by atoms with Gasteiger partial charge in [-0.1, -0.05) is 50.6 Å². The van der Waals surface area contributed by atoms with Gasteiger partial charge in [0.1, 0.15) is 11.6 Å². The molecule has 3 aromatic carbocycles. The number of halogens is 6. The molecule has 1 aliphatic heterocycles. The highest BCUT2D eigenvalue weighted by molar-refractivity contribution is 5.64. The lowest BCUT2D eigenvalue weighted by atomic mass is 9.86. The van der Waals surface area contributed by atoms with Gasteiger partial charge in [0.05, 0.1) is 18.8 Å². The molecule has 37 heavy (non-hydrogen) atoms. The van der Waals surface area contributed by atoms with Crippen LogP contribution in [0.15, 0.2) is 54.6 Å². The van der Waals surface area contributed by atoms with Crippen molar-refractivity contribution in [2.75, 3.05) is 13.2 Å². The van der Waals surface area contributed by atoms with Crippen LogP contribution in [0.4, 0.5) is 26.3 Å². The van der Waals surface area contributed by atoms with Crippen LogP contribution in [-0.4, -0.2) is 18.3 Å². The summed E-state index contributed by atoms with van der Waals surface area (Å²) in [7, 11) is 0. The molecule has 0 amide bonds. The molecule has 1 N–H and O–H groups in total. The van der Waals surface area contributed by atoms with Crippen molar-refractivity contribution in [1.29, 1.82) is 0 Å². The lowest BCUT2D eigenvalue weighted by Gasteiger charge is -2.41. The van der Waals surface area contributed by atoms with Gasteiger partial charge in [-0.15, -0.1) is 0 Å². The van der Waals surface area contributed by atoms with Crippen LogP contribution in [0.2, 0.25) is 0 Å². The Labute approximate surface area is 209 Å². The fraction of sp³-hybridized carbons (Fsp3) is 0.333. The minimum atomic E-state index is -4.31. The molecule has 198 valence electrons. The van der Waals surface area contributed by atoms with E-state index in [1.807, 2.05) is 13.8 Å². The second-order valence-electron chi connectivity index (χ2n) is 9.31. The van der Waals surface area contributed by atoms with Crippen molar-refractivity contribution in [2.45, 2.75) is 38.8 Å². The van der Waals surface area contributed by atoms with E-state index in [1.54, 1.807) is 0 Å². The van der Waals surface area contributed by atoms with E-state index in [4.69, 9.17) is 9.47 Å². The van der Waals surface area contributed by atoms with E-state index in [0.717, 1.165) is 25.0 Å². The molecular formula is C27H24F6O4. The van der Waals surface area contributed by atoms with E-state index in [0.29, 0.717) is 24.3 Å². The van der Waals surface area contributed by atoms with Gasteiger partial charge in [-0.05, 0) is 29.7 Å². The van der Waals surface area contributed by atoms with Crippen molar-refractivity contribution in [2.24, 2.45) is 5.41 Å². The zero-order valence-electron chi connectivity index (χ0n) is 20.0. The molecule has 0 bridgehead atoms. The smallest absolute Gasteiger partial charge is 0.429 e. The number of alkyl halides is 2. The summed E-state index contributed by atoms with van der Waals surface area (Å²) in [5.41, 5.74) is -0.422. The Morgan fingerprint density at radius 3 is 1.97 bits per heavy atom. The van der Waals surface area contributed by atoms with Crippen LogP contribution < -0.4 is 4.74 Å². The molecule has 0 spiro atoms. The van der Waals surface area contributed by atoms with Crippen LogP contribution in [0.25, 0.3) is 11.1 Å². The normalized spacial score (nSPS) is 22.2. The predicted molar refractivity (Wildman–Crippen MR) is 121 cm³/mol. The summed E-state index contributed by atoms with van der Waals surface area (Å²) in [4.78, 5) is 0. The zero-order valence-corrected chi connectivity index (χ0v) is 20.0. The van der Waals surface area contributed by atoms with Crippen LogP contribution >= 0.6 is 0 Å². The number of ether oxygens (including phenoxy) is 3. The molecule has 0 atom stereocenters. The topological polar surface area (TPSA) is 47.9 Å². The van der Waals surface area contributed by atoms with Crippen LogP contribution in [0.5, 0.6) is 5.75 Å². The average molecular weight is 526 g/mol. The standard InChI is InChI=1S/C27H24F6O4/c1-3-10-25(2)14-35-27(34,36-15-25)18-7-4-16(5-8-18)17-6-9-20(21(28)11-17)26(32,33)37-19-12-22(29)24(31)23(30)13-19/h4-9,11-13,34H,3,10,14-15H2,1-2H3. The second-order valence-corrected chi connectivity index (χ2v) is 9.31. The van der Waals surface area contributed by atoms with Crippen molar-refractivity contribution >= 4 is 0 Å². The highest BCUT2D eigenvalue weighted by Crippen LogP contribution is 2.39. The second kappa shape index (κ2) is 10.00.